The minimum absolute atomic E-state index is 0.0453. The van der Waals surface area contributed by atoms with Gasteiger partial charge >= 0.3 is 6.18 Å². The fourth-order valence-electron chi connectivity index (χ4n) is 3.61. The highest BCUT2D eigenvalue weighted by molar-refractivity contribution is 5.76. The first kappa shape index (κ1) is 18.5. The predicted octanol–water partition coefficient (Wildman–Crippen LogP) is 2.72. The average Bonchev–Trinajstić information content (AvgIpc) is 2.53. The first-order valence-electron chi connectivity index (χ1n) is 8.49. The van der Waals surface area contributed by atoms with Crippen LogP contribution in [0.1, 0.15) is 44.9 Å². The number of nitrogens with zero attached hydrogens (tertiary/aromatic N) is 1. The third-order valence-corrected chi connectivity index (χ3v) is 4.98. The van der Waals surface area contributed by atoms with Crippen LogP contribution in [0.3, 0.4) is 0 Å². The Kier molecular flexibility index (Phi) is 6.71. The van der Waals surface area contributed by atoms with E-state index in [2.05, 4.69) is 5.32 Å². The van der Waals surface area contributed by atoms with E-state index in [1.165, 1.54) is 0 Å². The fraction of sp³-hybridized carbons (Fsp3) is 0.938. The number of hydrogen-bond donors (Lipinski definition) is 1. The minimum Gasteiger partial charge on any atom is -0.384 e. The molecule has 2 atom stereocenters. The minimum atomic E-state index is -4.07. The van der Waals surface area contributed by atoms with E-state index in [-0.39, 0.29) is 30.8 Å². The van der Waals surface area contributed by atoms with Gasteiger partial charge in [-0.2, -0.15) is 13.2 Å². The van der Waals surface area contributed by atoms with Crippen LogP contribution in [0.4, 0.5) is 13.2 Å². The maximum absolute atomic E-state index is 12.9. The number of piperidine rings is 1. The molecule has 7 heteroatoms. The second kappa shape index (κ2) is 8.33. The molecule has 0 aromatic carbocycles. The van der Waals surface area contributed by atoms with Crippen molar-refractivity contribution in [3.8, 4) is 0 Å². The van der Waals surface area contributed by atoms with Gasteiger partial charge in [0.2, 0.25) is 5.91 Å². The summed E-state index contributed by atoms with van der Waals surface area (Å²) in [6.07, 6.45) is -0.153. The van der Waals surface area contributed by atoms with Crippen LogP contribution in [-0.2, 0) is 9.53 Å². The lowest BCUT2D eigenvalue weighted by molar-refractivity contribution is -0.184. The third kappa shape index (κ3) is 5.64. The van der Waals surface area contributed by atoms with E-state index >= 15 is 0 Å². The van der Waals surface area contributed by atoms with E-state index < -0.39 is 12.1 Å². The predicted molar refractivity (Wildman–Crippen MR) is 81.0 cm³/mol. The number of methoxy groups -OCH3 is 1. The lowest BCUT2D eigenvalue weighted by Crippen LogP contribution is -2.49. The van der Waals surface area contributed by atoms with Crippen molar-refractivity contribution in [3.05, 3.63) is 0 Å². The Hall–Kier alpha value is -0.820. The SMILES string of the molecule is COCCC(=O)N1CCC(N[C@H]2CCC[C@H](C(F)(F)F)C2)CC1. The number of halogens is 3. The Balaban J connectivity index is 1.73. The van der Waals surface area contributed by atoms with Crippen LogP contribution in [0.2, 0.25) is 0 Å². The molecule has 1 amide bonds. The van der Waals surface area contributed by atoms with E-state index in [0.29, 0.717) is 32.5 Å². The van der Waals surface area contributed by atoms with Crippen molar-refractivity contribution in [1.82, 2.24) is 10.2 Å². The van der Waals surface area contributed by atoms with Crippen molar-refractivity contribution in [2.24, 2.45) is 5.92 Å². The molecule has 1 aliphatic heterocycles. The van der Waals surface area contributed by atoms with Gasteiger partial charge in [0.15, 0.2) is 0 Å². The maximum atomic E-state index is 12.9. The Morgan fingerprint density at radius 1 is 1.17 bits per heavy atom. The molecule has 0 aromatic heterocycles. The number of alkyl halides is 3. The maximum Gasteiger partial charge on any atom is 0.391 e. The van der Waals surface area contributed by atoms with Crippen LogP contribution >= 0.6 is 0 Å². The van der Waals surface area contributed by atoms with Gasteiger partial charge in [-0.15, -0.1) is 0 Å². The number of ether oxygens (including phenoxy) is 1. The highest BCUT2D eigenvalue weighted by Crippen LogP contribution is 2.37. The van der Waals surface area contributed by atoms with Gasteiger partial charge < -0.3 is 15.0 Å². The van der Waals surface area contributed by atoms with Gasteiger partial charge in [0.25, 0.3) is 0 Å². The summed E-state index contributed by atoms with van der Waals surface area (Å²) in [6.45, 7) is 1.78. The van der Waals surface area contributed by atoms with Crippen molar-refractivity contribution in [3.63, 3.8) is 0 Å². The van der Waals surface area contributed by atoms with Crippen LogP contribution in [-0.4, -0.2) is 55.9 Å². The molecule has 23 heavy (non-hydrogen) atoms. The molecule has 0 unspecified atom stereocenters. The fourth-order valence-corrected chi connectivity index (χ4v) is 3.61. The number of hydrogen-bond acceptors (Lipinski definition) is 3. The Morgan fingerprint density at radius 3 is 2.48 bits per heavy atom. The molecule has 0 bridgehead atoms. The van der Waals surface area contributed by atoms with Crippen LogP contribution in [0.5, 0.6) is 0 Å². The number of nitrogens with one attached hydrogen (secondary N) is 1. The van der Waals surface area contributed by atoms with Crippen LogP contribution in [0.25, 0.3) is 0 Å². The monoisotopic (exact) mass is 336 g/mol. The Bertz CT molecular complexity index is 382. The topological polar surface area (TPSA) is 41.6 Å². The molecule has 1 saturated carbocycles. The van der Waals surface area contributed by atoms with E-state index in [0.717, 1.165) is 19.3 Å². The van der Waals surface area contributed by atoms with Crippen LogP contribution < -0.4 is 5.32 Å². The van der Waals surface area contributed by atoms with E-state index in [1.54, 1.807) is 7.11 Å². The Morgan fingerprint density at radius 2 is 1.87 bits per heavy atom. The molecule has 1 saturated heterocycles. The van der Waals surface area contributed by atoms with Crippen molar-refractivity contribution >= 4 is 5.91 Å². The molecule has 4 nitrogen and oxygen atoms in total. The summed E-state index contributed by atoms with van der Waals surface area (Å²) < 4.78 is 43.5. The molecular weight excluding hydrogens is 309 g/mol. The highest BCUT2D eigenvalue weighted by atomic mass is 19.4. The molecule has 2 aliphatic rings. The number of amides is 1. The summed E-state index contributed by atoms with van der Waals surface area (Å²) in [5.41, 5.74) is 0. The molecule has 0 spiro atoms. The molecular formula is C16H27F3N2O2. The number of carbonyl (C=O) groups is 1. The van der Waals surface area contributed by atoms with Gasteiger partial charge in [-0.05, 0) is 32.1 Å². The first-order valence-corrected chi connectivity index (χ1v) is 8.49. The van der Waals surface area contributed by atoms with Gasteiger partial charge in [-0.25, -0.2) is 0 Å². The summed E-state index contributed by atoms with van der Waals surface area (Å²) >= 11 is 0. The lowest BCUT2D eigenvalue weighted by atomic mass is 9.84. The molecule has 134 valence electrons. The smallest absolute Gasteiger partial charge is 0.384 e. The number of rotatable bonds is 5. The summed E-state index contributed by atoms with van der Waals surface area (Å²) in [7, 11) is 1.57. The van der Waals surface area contributed by atoms with E-state index in [4.69, 9.17) is 4.74 Å². The molecule has 1 heterocycles. The Labute approximate surface area is 135 Å². The molecule has 0 aromatic rings. The van der Waals surface area contributed by atoms with Crippen molar-refractivity contribution in [1.29, 1.82) is 0 Å². The average molecular weight is 336 g/mol. The quantitative estimate of drug-likeness (QED) is 0.839. The largest absolute Gasteiger partial charge is 0.391 e. The van der Waals surface area contributed by atoms with E-state index in [1.807, 2.05) is 4.90 Å². The second-order valence-corrected chi connectivity index (χ2v) is 6.67. The van der Waals surface area contributed by atoms with Gasteiger partial charge in [0.05, 0.1) is 18.9 Å². The number of likely N-dealkylation sites (tertiary alicyclic amines) is 1. The van der Waals surface area contributed by atoms with E-state index in [9.17, 15) is 18.0 Å². The molecule has 2 fully saturated rings. The summed E-state index contributed by atoms with van der Waals surface area (Å²) in [4.78, 5) is 13.7. The zero-order chi connectivity index (χ0) is 16.9. The number of carbonyl (C=O) groups excluding carboxylic acids is 1. The highest BCUT2D eigenvalue weighted by Gasteiger charge is 2.42. The molecule has 1 aliphatic carbocycles. The summed E-state index contributed by atoms with van der Waals surface area (Å²) in [5, 5.41) is 3.40. The zero-order valence-corrected chi connectivity index (χ0v) is 13.7. The van der Waals surface area contributed by atoms with Gasteiger partial charge in [0.1, 0.15) is 0 Å². The molecule has 0 radical (unpaired) electrons. The van der Waals surface area contributed by atoms with Crippen molar-refractivity contribution in [2.45, 2.75) is 63.2 Å². The van der Waals surface area contributed by atoms with Crippen LogP contribution in [0.15, 0.2) is 0 Å². The lowest BCUT2D eigenvalue weighted by Gasteiger charge is -2.37. The second-order valence-electron chi connectivity index (χ2n) is 6.67. The summed E-state index contributed by atoms with van der Waals surface area (Å²) in [6, 6.07) is 0.176. The van der Waals surface area contributed by atoms with Gasteiger partial charge in [-0.3, -0.25) is 4.79 Å². The van der Waals surface area contributed by atoms with Gasteiger partial charge in [0, 0.05) is 32.3 Å². The third-order valence-electron chi connectivity index (χ3n) is 4.98. The normalized spacial score (nSPS) is 27.2. The standard InChI is InChI=1S/C16H27F3N2O2/c1-23-10-7-15(22)21-8-5-13(6-9-21)20-14-4-2-3-12(11-14)16(17,18)19/h12-14,20H,2-11H2,1H3/t12-,14-/m0/s1. The van der Waals surface area contributed by atoms with Crippen molar-refractivity contribution in [2.75, 3.05) is 26.8 Å². The first-order chi connectivity index (χ1) is 10.9. The molecule has 2 rings (SSSR count). The van der Waals surface area contributed by atoms with Crippen molar-refractivity contribution < 1.29 is 22.7 Å². The van der Waals surface area contributed by atoms with Crippen LogP contribution in [0, 0.1) is 5.92 Å². The summed E-state index contributed by atoms with van der Waals surface area (Å²) in [5.74, 6) is -1.07. The van der Waals surface area contributed by atoms with Gasteiger partial charge in [-0.1, -0.05) is 6.42 Å². The zero-order valence-electron chi connectivity index (χ0n) is 13.7. The molecule has 1 N–H and O–H groups in total.